The van der Waals surface area contributed by atoms with Crippen LogP contribution in [0.3, 0.4) is 0 Å². The minimum atomic E-state index is -0.189. The lowest BCUT2D eigenvalue weighted by Gasteiger charge is -2.06. The molecule has 2 N–H and O–H groups in total. The van der Waals surface area contributed by atoms with Gasteiger partial charge in [0.25, 0.3) is 0 Å². The Morgan fingerprint density at radius 2 is 2.40 bits per heavy atom. The van der Waals surface area contributed by atoms with Gasteiger partial charge in [-0.25, -0.2) is 0 Å². The molecule has 8 heteroatoms. The number of nitrogens with one attached hydrogen (secondary N) is 2. The van der Waals surface area contributed by atoms with Crippen molar-refractivity contribution < 1.29 is 14.3 Å². The largest absolute Gasteiger partial charge is 0.497 e. The van der Waals surface area contributed by atoms with Crippen molar-refractivity contribution in [2.24, 2.45) is 0 Å². The second-order valence-electron chi connectivity index (χ2n) is 5.96. The maximum absolute atomic E-state index is 12.3. The summed E-state index contributed by atoms with van der Waals surface area (Å²) in [4.78, 5) is 16.6. The summed E-state index contributed by atoms with van der Waals surface area (Å²) in [5.41, 5.74) is 0.964. The van der Waals surface area contributed by atoms with Crippen LogP contribution in [0.2, 0.25) is 0 Å². The standard InChI is InChI=1S/C17H19N5O3/c1-24-12-4-5-13-11(9-12)6-7-22(13)10-15(23)18-17-19-16(20-21-17)14-3-2-8-25-14/h4-7,9,14H,2-3,8,10H2,1H3,(H2,18,19,20,21,23)/t14-/m0/s1. The van der Waals surface area contributed by atoms with Crippen LogP contribution < -0.4 is 10.1 Å². The Kier molecular flexibility index (Phi) is 4.10. The summed E-state index contributed by atoms with van der Waals surface area (Å²) >= 11 is 0. The summed E-state index contributed by atoms with van der Waals surface area (Å²) in [6.45, 7) is 0.915. The first-order valence-electron chi connectivity index (χ1n) is 8.19. The summed E-state index contributed by atoms with van der Waals surface area (Å²) in [6, 6.07) is 7.70. The predicted octanol–water partition coefficient (Wildman–Crippen LogP) is 2.26. The van der Waals surface area contributed by atoms with E-state index in [1.165, 1.54) is 0 Å². The van der Waals surface area contributed by atoms with Gasteiger partial charge >= 0.3 is 0 Å². The summed E-state index contributed by atoms with van der Waals surface area (Å²) < 4.78 is 12.6. The average Bonchev–Trinajstić information content (AvgIpc) is 3.35. The Labute approximate surface area is 144 Å². The minimum absolute atomic E-state index is 0.0541. The van der Waals surface area contributed by atoms with E-state index >= 15 is 0 Å². The molecule has 3 aromatic rings. The van der Waals surface area contributed by atoms with Gasteiger partial charge in [0.05, 0.1) is 7.11 Å². The number of nitrogens with zero attached hydrogens (tertiary/aromatic N) is 3. The van der Waals surface area contributed by atoms with Crippen molar-refractivity contribution in [3.8, 4) is 5.75 Å². The van der Waals surface area contributed by atoms with Crippen LogP contribution in [-0.2, 0) is 16.1 Å². The predicted molar refractivity (Wildman–Crippen MR) is 91.4 cm³/mol. The van der Waals surface area contributed by atoms with Gasteiger partial charge in [0.1, 0.15) is 18.4 Å². The van der Waals surface area contributed by atoms with Crippen molar-refractivity contribution in [1.29, 1.82) is 0 Å². The van der Waals surface area contributed by atoms with Crippen LogP contribution in [0.15, 0.2) is 30.5 Å². The SMILES string of the molecule is COc1ccc2c(ccn2CC(=O)Nc2n[nH]c([C@@H]3CCCO3)n2)c1. The molecule has 130 valence electrons. The van der Waals surface area contributed by atoms with E-state index in [0.29, 0.717) is 5.82 Å². The highest BCUT2D eigenvalue weighted by Gasteiger charge is 2.21. The molecule has 1 fully saturated rings. The molecule has 0 unspecified atom stereocenters. The number of carbonyl (C=O) groups is 1. The molecule has 3 heterocycles. The number of carbonyl (C=O) groups excluding carboxylic acids is 1. The molecule has 1 atom stereocenters. The number of methoxy groups -OCH3 is 1. The molecule has 2 aromatic heterocycles. The van der Waals surface area contributed by atoms with E-state index < -0.39 is 0 Å². The molecule has 0 bridgehead atoms. The molecular formula is C17H19N5O3. The van der Waals surface area contributed by atoms with Crippen molar-refractivity contribution in [1.82, 2.24) is 19.7 Å². The van der Waals surface area contributed by atoms with Crippen LogP contribution in [0.1, 0.15) is 24.8 Å². The van der Waals surface area contributed by atoms with Crippen molar-refractivity contribution >= 4 is 22.8 Å². The molecule has 4 rings (SSSR count). The van der Waals surface area contributed by atoms with Gasteiger partial charge in [-0.05, 0) is 37.1 Å². The monoisotopic (exact) mass is 341 g/mol. The normalized spacial score (nSPS) is 17.1. The van der Waals surface area contributed by atoms with E-state index in [4.69, 9.17) is 9.47 Å². The number of amides is 1. The maximum atomic E-state index is 12.3. The van der Waals surface area contributed by atoms with Crippen molar-refractivity contribution in [2.45, 2.75) is 25.5 Å². The van der Waals surface area contributed by atoms with Gasteiger partial charge in [0.2, 0.25) is 11.9 Å². The smallest absolute Gasteiger partial charge is 0.248 e. The topological polar surface area (TPSA) is 94.1 Å². The van der Waals surface area contributed by atoms with E-state index in [2.05, 4.69) is 20.5 Å². The van der Waals surface area contributed by atoms with Gasteiger partial charge in [-0.1, -0.05) is 0 Å². The number of fused-ring (bicyclic) bond motifs is 1. The zero-order chi connectivity index (χ0) is 17.2. The van der Waals surface area contributed by atoms with Crippen LogP contribution in [-0.4, -0.2) is 39.4 Å². The first-order chi connectivity index (χ1) is 12.2. The van der Waals surface area contributed by atoms with Gasteiger partial charge in [-0.15, -0.1) is 5.10 Å². The molecule has 25 heavy (non-hydrogen) atoms. The number of rotatable bonds is 5. The van der Waals surface area contributed by atoms with E-state index in [1.807, 2.05) is 35.0 Å². The van der Waals surface area contributed by atoms with Crippen molar-refractivity contribution in [2.75, 3.05) is 19.0 Å². The number of aromatic amines is 1. The Hall–Kier alpha value is -2.87. The van der Waals surface area contributed by atoms with Crippen molar-refractivity contribution in [3.05, 3.63) is 36.3 Å². The molecule has 1 aliphatic rings. The number of H-pyrrole nitrogens is 1. The fourth-order valence-electron chi connectivity index (χ4n) is 3.03. The number of anilines is 1. The van der Waals surface area contributed by atoms with Crippen molar-refractivity contribution in [3.63, 3.8) is 0 Å². The van der Waals surface area contributed by atoms with E-state index in [-0.39, 0.29) is 24.5 Å². The summed E-state index contributed by atoms with van der Waals surface area (Å²) in [5, 5.41) is 10.6. The molecule has 1 aromatic carbocycles. The summed E-state index contributed by atoms with van der Waals surface area (Å²) in [5.74, 6) is 1.53. The number of aromatic nitrogens is 4. The molecule has 0 radical (unpaired) electrons. The Balaban J connectivity index is 1.43. The zero-order valence-electron chi connectivity index (χ0n) is 13.9. The van der Waals surface area contributed by atoms with Gasteiger partial charge in [0, 0.05) is 23.7 Å². The molecule has 1 saturated heterocycles. The zero-order valence-corrected chi connectivity index (χ0v) is 13.9. The van der Waals surface area contributed by atoms with Crippen LogP contribution in [0.25, 0.3) is 10.9 Å². The van der Waals surface area contributed by atoms with E-state index in [9.17, 15) is 4.79 Å². The summed E-state index contributed by atoms with van der Waals surface area (Å²) in [7, 11) is 1.63. The van der Waals surface area contributed by atoms with Gasteiger partial charge in [-0.2, -0.15) is 4.98 Å². The summed E-state index contributed by atoms with van der Waals surface area (Å²) in [6.07, 6.45) is 3.75. The molecule has 0 saturated carbocycles. The fourth-order valence-corrected chi connectivity index (χ4v) is 3.03. The first-order valence-corrected chi connectivity index (χ1v) is 8.19. The molecule has 0 aliphatic carbocycles. The van der Waals surface area contributed by atoms with Gasteiger partial charge in [-0.3, -0.25) is 15.2 Å². The van der Waals surface area contributed by atoms with Gasteiger partial charge < -0.3 is 14.0 Å². The van der Waals surface area contributed by atoms with Crippen LogP contribution in [0.4, 0.5) is 5.95 Å². The first kappa shape index (κ1) is 15.6. The fraction of sp³-hybridized carbons (Fsp3) is 0.353. The second-order valence-corrected chi connectivity index (χ2v) is 5.96. The number of hydrogen-bond donors (Lipinski definition) is 2. The number of ether oxygens (including phenoxy) is 2. The Morgan fingerprint density at radius 1 is 1.48 bits per heavy atom. The highest BCUT2D eigenvalue weighted by atomic mass is 16.5. The third-order valence-corrected chi connectivity index (χ3v) is 4.28. The lowest BCUT2D eigenvalue weighted by Crippen LogP contribution is -2.19. The van der Waals surface area contributed by atoms with Crippen LogP contribution in [0.5, 0.6) is 5.75 Å². The third-order valence-electron chi connectivity index (χ3n) is 4.28. The highest BCUT2D eigenvalue weighted by molar-refractivity contribution is 5.90. The van der Waals surface area contributed by atoms with E-state index in [0.717, 1.165) is 36.1 Å². The minimum Gasteiger partial charge on any atom is -0.497 e. The Morgan fingerprint density at radius 3 is 3.20 bits per heavy atom. The number of benzene rings is 1. The third kappa shape index (κ3) is 3.20. The molecule has 0 spiro atoms. The Bertz CT molecular complexity index is 895. The molecule has 1 aliphatic heterocycles. The second kappa shape index (κ2) is 6.56. The maximum Gasteiger partial charge on any atom is 0.248 e. The highest BCUT2D eigenvalue weighted by Crippen LogP contribution is 2.26. The molecular weight excluding hydrogens is 322 g/mol. The molecule has 8 nitrogen and oxygen atoms in total. The average molecular weight is 341 g/mol. The number of hydrogen-bond acceptors (Lipinski definition) is 5. The quantitative estimate of drug-likeness (QED) is 0.742. The lowest BCUT2D eigenvalue weighted by atomic mass is 10.2. The molecule has 1 amide bonds. The lowest BCUT2D eigenvalue weighted by molar-refractivity contribution is -0.116. The van der Waals surface area contributed by atoms with Crippen LogP contribution in [0, 0.1) is 0 Å². The van der Waals surface area contributed by atoms with Gasteiger partial charge in [0.15, 0.2) is 5.82 Å². The van der Waals surface area contributed by atoms with E-state index in [1.54, 1.807) is 7.11 Å². The van der Waals surface area contributed by atoms with Crippen LogP contribution >= 0.6 is 0 Å².